The van der Waals surface area contributed by atoms with Crippen molar-refractivity contribution in [2.75, 3.05) is 13.1 Å². The number of halogens is 1. The maximum absolute atomic E-state index is 12.1. The van der Waals surface area contributed by atoms with E-state index in [0.717, 1.165) is 0 Å². The molecular formula is C11H13BrN2O2. The Bertz CT molecular complexity index is 420. The minimum absolute atomic E-state index is 0.134. The van der Waals surface area contributed by atoms with Crippen LogP contribution in [-0.2, 0) is 0 Å². The topological polar surface area (TPSA) is 53.4 Å². The van der Waals surface area contributed by atoms with Crippen molar-refractivity contribution in [1.29, 1.82) is 0 Å². The van der Waals surface area contributed by atoms with Crippen molar-refractivity contribution in [2.45, 2.75) is 18.9 Å². The van der Waals surface area contributed by atoms with E-state index in [-0.39, 0.29) is 5.91 Å². The van der Waals surface area contributed by atoms with Gasteiger partial charge in [0.2, 0.25) is 0 Å². The van der Waals surface area contributed by atoms with E-state index in [1.807, 2.05) is 0 Å². The lowest BCUT2D eigenvalue weighted by Gasteiger charge is -2.18. The SMILES string of the molecule is CC1(O)CCN(C(=O)c2ncccc2Br)C1. The summed E-state index contributed by atoms with van der Waals surface area (Å²) in [5.41, 5.74) is -0.364. The Kier molecular flexibility index (Phi) is 2.99. The van der Waals surface area contributed by atoms with E-state index in [9.17, 15) is 9.90 Å². The Labute approximate surface area is 102 Å². The Morgan fingerprint density at radius 1 is 1.69 bits per heavy atom. The van der Waals surface area contributed by atoms with Crippen molar-refractivity contribution in [1.82, 2.24) is 9.88 Å². The number of hydrogen-bond acceptors (Lipinski definition) is 3. The van der Waals surface area contributed by atoms with Crippen LogP contribution in [0.3, 0.4) is 0 Å². The minimum atomic E-state index is -0.767. The summed E-state index contributed by atoms with van der Waals surface area (Å²) in [5, 5.41) is 9.80. The van der Waals surface area contributed by atoms with Crippen LogP contribution in [0, 0.1) is 0 Å². The van der Waals surface area contributed by atoms with Crippen LogP contribution in [0.4, 0.5) is 0 Å². The molecule has 0 saturated carbocycles. The average Bonchev–Trinajstić information content (AvgIpc) is 2.59. The molecule has 0 spiro atoms. The lowest BCUT2D eigenvalue weighted by Crippen LogP contribution is -2.34. The van der Waals surface area contributed by atoms with Crippen LogP contribution < -0.4 is 0 Å². The first kappa shape index (κ1) is 11.5. The average molecular weight is 285 g/mol. The normalized spacial score (nSPS) is 24.8. The van der Waals surface area contributed by atoms with Gasteiger partial charge in [0.15, 0.2) is 0 Å². The highest BCUT2D eigenvalue weighted by atomic mass is 79.9. The lowest BCUT2D eigenvalue weighted by atomic mass is 10.1. The monoisotopic (exact) mass is 284 g/mol. The second-order valence-corrected chi connectivity index (χ2v) is 5.16. The molecule has 1 aromatic rings. The first-order valence-electron chi connectivity index (χ1n) is 5.12. The van der Waals surface area contributed by atoms with Gasteiger partial charge in [-0.05, 0) is 41.4 Å². The zero-order chi connectivity index (χ0) is 11.8. The summed E-state index contributed by atoms with van der Waals surface area (Å²) in [6.07, 6.45) is 2.20. The minimum Gasteiger partial charge on any atom is -0.388 e. The number of β-amino-alcohol motifs (C(OH)–C–C–N with tert-alkyl or cyclic N) is 1. The second-order valence-electron chi connectivity index (χ2n) is 4.31. The number of hydrogen-bond donors (Lipinski definition) is 1. The molecule has 1 aliphatic heterocycles. The molecule has 1 fully saturated rings. The third kappa shape index (κ3) is 2.25. The van der Waals surface area contributed by atoms with E-state index in [2.05, 4.69) is 20.9 Å². The molecule has 1 aromatic heterocycles. The van der Waals surface area contributed by atoms with Crippen molar-refractivity contribution in [3.05, 3.63) is 28.5 Å². The molecule has 0 bridgehead atoms. The highest BCUT2D eigenvalue weighted by Gasteiger charge is 2.35. The number of aromatic nitrogens is 1. The van der Waals surface area contributed by atoms with Gasteiger partial charge in [-0.25, -0.2) is 4.98 Å². The van der Waals surface area contributed by atoms with Crippen LogP contribution in [0.2, 0.25) is 0 Å². The number of carbonyl (C=O) groups is 1. The summed E-state index contributed by atoms with van der Waals surface area (Å²) < 4.78 is 0.687. The fraction of sp³-hybridized carbons (Fsp3) is 0.455. The summed E-state index contributed by atoms with van der Waals surface area (Å²) in [6, 6.07) is 3.55. The number of nitrogens with zero attached hydrogens (tertiary/aromatic N) is 2. The van der Waals surface area contributed by atoms with Gasteiger partial charge >= 0.3 is 0 Å². The third-order valence-corrected chi connectivity index (χ3v) is 3.34. The predicted octanol–water partition coefficient (Wildman–Crippen LogP) is 1.44. The van der Waals surface area contributed by atoms with Gasteiger partial charge in [-0.1, -0.05) is 0 Å². The molecule has 1 aliphatic rings. The van der Waals surface area contributed by atoms with Crippen molar-refractivity contribution in [2.24, 2.45) is 0 Å². The molecule has 5 heteroatoms. The molecule has 16 heavy (non-hydrogen) atoms. The van der Waals surface area contributed by atoms with Gasteiger partial charge in [0.25, 0.3) is 5.91 Å². The maximum atomic E-state index is 12.1. The molecule has 2 heterocycles. The zero-order valence-corrected chi connectivity index (χ0v) is 10.6. The standard InChI is InChI=1S/C11H13BrN2O2/c1-11(16)4-6-14(7-11)10(15)9-8(12)3-2-5-13-9/h2-3,5,16H,4,6-7H2,1H3. The number of aliphatic hydroxyl groups is 1. The van der Waals surface area contributed by atoms with Crippen LogP contribution in [-0.4, -0.2) is 39.6 Å². The Hall–Kier alpha value is -0.940. The molecule has 1 saturated heterocycles. The Morgan fingerprint density at radius 2 is 2.44 bits per heavy atom. The summed E-state index contributed by atoms with van der Waals surface area (Å²) in [5.74, 6) is -0.134. The molecule has 86 valence electrons. The van der Waals surface area contributed by atoms with Gasteiger partial charge in [0.05, 0.1) is 5.60 Å². The molecular weight excluding hydrogens is 272 g/mol. The summed E-state index contributed by atoms with van der Waals surface area (Å²) in [7, 11) is 0. The maximum Gasteiger partial charge on any atom is 0.273 e. The van der Waals surface area contributed by atoms with Crippen LogP contribution in [0.1, 0.15) is 23.8 Å². The molecule has 0 radical (unpaired) electrons. The number of amides is 1. The van der Waals surface area contributed by atoms with Gasteiger partial charge in [-0.3, -0.25) is 4.79 Å². The van der Waals surface area contributed by atoms with Crippen molar-refractivity contribution >= 4 is 21.8 Å². The van der Waals surface area contributed by atoms with Crippen molar-refractivity contribution in [3.8, 4) is 0 Å². The van der Waals surface area contributed by atoms with Crippen LogP contribution in [0.5, 0.6) is 0 Å². The molecule has 0 aliphatic carbocycles. The van der Waals surface area contributed by atoms with Gasteiger partial charge in [0.1, 0.15) is 5.69 Å². The van der Waals surface area contributed by atoms with E-state index >= 15 is 0 Å². The van der Waals surface area contributed by atoms with Crippen LogP contribution in [0.15, 0.2) is 22.8 Å². The van der Waals surface area contributed by atoms with E-state index in [1.54, 1.807) is 30.2 Å². The first-order valence-corrected chi connectivity index (χ1v) is 5.91. The van der Waals surface area contributed by atoms with E-state index in [1.165, 1.54) is 0 Å². The van der Waals surface area contributed by atoms with E-state index < -0.39 is 5.60 Å². The molecule has 0 aromatic carbocycles. The third-order valence-electron chi connectivity index (χ3n) is 2.70. The summed E-state index contributed by atoms with van der Waals surface area (Å²) in [4.78, 5) is 17.8. The summed E-state index contributed by atoms with van der Waals surface area (Å²) >= 11 is 3.30. The van der Waals surface area contributed by atoms with Gasteiger partial charge < -0.3 is 10.0 Å². The Morgan fingerprint density at radius 3 is 3.00 bits per heavy atom. The van der Waals surface area contributed by atoms with E-state index in [0.29, 0.717) is 29.7 Å². The van der Waals surface area contributed by atoms with Crippen LogP contribution >= 0.6 is 15.9 Å². The van der Waals surface area contributed by atoms with Crippen LogP contribution in [0.25, 0.3) is 0 Å². The summed E-state index contributed by atoms with van der Waals surface area (Å²) in [6.45, 7) is 2.69. The number of carbonyl (C=O) groups excluding carboxylic acids is 1. The molecule has 2 rings (SSSR count). The molecule has 1 amide bonds. The second kappa shape index (κ2) is 4.14. The van der Waals surface area contributed by atoms with Gasteiger partial charge in [0, 0.05) is 23.8 Å². The van der Waals surface area contributed by atoms with Gasteiger partial charge in [-0.2, -0.15) is 0 Å². The molecule has 1 N–H and O–H groups in total. The van der Waals surface area contributed by atoms with Crippen molar-refractivity contribution in [3.63, 3.8) is 0 Å². The number of likely N-dealkylation sites (tertiary alicyclic amines) is 1. The molecule has 1 unspecified atom stereocenters. The molecule has 4 nitrogen and oxygen atoms in total. The zero-order valence-electron chi connectivity index (χ0n) is 8.98. The van der Waals surface area contributed by atoms with E-state index in [4.69, 9.17) is 0 Å². The quantitative estimate of drug-likeness (QED) is 0.849. The smallest absolute Gasteiger partial charge is 0.273 e. The lowest BCUT2D eigenvalue weighted by molar-refractivity contribution is 0.0568. The first-order chi connectivity index (χ1) is 7.49. The fourth-order valence-corrected chi connectivity index (χ4v) is 2.24. The Balaban J connectivity index is 2.18. The van der Waals surface area contributed by atoms with Crippen molar-refractivity contribution < 1.29 is 9.90 Å². The number of rotatable bonds is 1. The highest BCUT2D eigenvalue weighted by molar-refractivity contribution is 9.10. The molecule has 1 atom stereocenters. The van der Waals surface area contributed by atoms with Gasteiger partial charge in [-0.15, -0.1) is 0 Å². The largest absolute Gasteiger partial charge is 0.388 e. The highest BCUT2D eigenvalue weighted by Crippen LogP contribution is 2.23. The fourth-order valence-electron chi connectivity index (χ4n) is 1.81. The number of pyridine rings is 1. The predicted molar refractivity (Wildman–Crippen MR) is 63.1 cm³/mol.